The lowest BCUT2D eigenvalue weighted by molar-refractivity contribution is -0.149. The molecule has 0 saturated heterocycles. The number of nitrogens with zero attached hydrogens (tertiary/aromatic N) is 1. The Morgan fingerprint density at radius 3 is 2.04 bits per heavy atom. The fraction of sp³-hybridized carbons (Fsp3) is 0.824. The van der Waals surface area contributed by atoms with Gasteiger partial charge in [0, 0.05) is 25.9 Å². The van der Waals surface area contributed by atoms with Crippen LogP contribution in [0.15, 0.2) is 0 Å². The van der Waals surface area contributed by atoms with Crippen molar-refractivity contribution in [2.75, 3.05) is 13.1 Å². The van der Waals surface area contributed by atoms with Crippen LogP contribution in [-0.2, 0) is 14.4 Å². The summed E-state index contributed by atoms with van der Waals surface area (Å²) in [6, 6.07) is 0. The number of hydrogen-bond acceptors (Lipinski definition) is 3. The summed E-state index contributed by atoms with van der Waals surface area (Å²) in [4.78, 5) is 37.6. The molecule has 0 bridgehead atoms. The van der Waals surface area contributed by atoms with E-state index in [1.165, 1.54) is 0 Å². The van der Waals surface area contributed by atoms with E-state index in [-0.39, 0.29) is 24.7 Å². The van der Waals surface area contributed by atoms with Gasteiger partial charge in [-0.15, -0.1) is 0 Å². The first kappa shape index (κ1) is 19.5. The topological polar surface area (TPSA) is 86.7 Å². The minimum absolute atomic E-state index is 0.0307. The average Bonchev–Trinajstić information content (AvgIpc) is 2.53. The summed E-state index contributed by atoms with van der Waals surface area (Å²) in [6.45, 7) is 5.44. The standard InChI is InChI=1S/C17H30N2O4/c1-3-12-19(13-4-2)15(21)9-8-14(20)18-17(16(22)23)10-6-5-7-11-17/h3-13H2,1-2H3,(H,18,20)(H,22,23). The van der Waals surface area contributed by atoms with Gasteiger partial charge in [0.1, 0.15) is 5.54 Å². The molecule has 1 rings (SSSR count). The monoisotopic (exact) mass is 326 g/mol. The van der Waals surface area contributed by atoms with E-state index in [0.29, 0.717) is 25.9 Å². The molecule has 1 fully saturated rings. The van der Waals surface area contributed by atoms with Crippen molar-refractivity contribution < 1.29 is 19.5 Å². The lowest BCUT2D eigenvalue weighted by Crippen LogP contribution is -2.55. The second-order valence-corrected chi connectivity index (χ2v) is 6.38. The summed E-state index contributed by atoms with van der Waals surface area (Å²) in [6.07, 6.45) is 5.55. The smallest absolute Gasteiger partial charge is 0.329 e. The molecule has 0 radical (unpaired) electrons. The van der Waals surface area contributed by atoms with Crippen molar-refractivity contribution in [1.29, 1.82) is 0 Å². The fourth-order valence-corrected chi connectivity index (χ4v) is 3.16. The molecule has 2 amide bonds. The molecule has 0 spiro atoms. The minimum atomic E-state index is -1.13. The number of carbonyl (C=O) groups is 3. The van der Waals surface area contributed by atoms with Crippen molar-refractivity contribution >= 4 is 17.8 Å². The van der Waals surface area contributed by atoms with Crippen LogP contribution in [0.1, 0.15) is 71.6 Å². The van der Waals surface area contributed by atoms with Crippen LogP contribution in [0.25, 0.3) is 0 Å². The van der Waals surface area contributed by atoms with Crippen LogP contribution < -0.4 is 5.32 Å². The second-order valence-electron chi connectivity index (χ2n) is 6.38. The summed E-state index contributed by atoms with van der Waals surface area (Å²) < 4.78 is 0. The largest absolute Gasteiger partial charge is 0.480 e. The molecular formula is C17H30N2O4. The fourth-order valence-electron chi connectivity index (χ4n) is 3.16. The number of aliphatic carboxylic acids is 1. The van der Waals surface area contributed by atoms with Crippen LogP contribution in [-0.4, -0.2) is 46.4 Å². The first-order valence-electron chi connectivity index (χ1n) is 8.77. The van der Waals surface area contributed by atoms with Crippen LogP contribution in [0, 0.1) is 0 Å². The Hall–Kier alpha value is -1.59. The molecule has 0 heterocycles. The Labute approximate surface area is 138 Å². The quantitative estimate of drug-likeness (QED) is 0.681. The predicted octanol–water partition coefficient (Wildman–Crippen LogP) is 2.32. The number of nitrogens with one attached hydrogen (secondary N) is 1. The zero-order chi connectivity index (χ0) is 17.3. The molecule has 1 aliphatic rings. The van der Waals surface area contributed by atoms with Gasteiger partial charge >= 0.3 is 5.97 Å². The van der Waals surface area contributed by atoms with Crippen molar-refractivity contribution in [2.45, 2.75) is 77.2 Å². The number of hydrogen-bond donors (Lipinski definition) is 2. The normalized spacial score (nSPS) is 16.6. The molecule has 2 N–H and O–H groups in total. The van der Waals surface area contributed by atoms with E-state index in [0.717, 1.165) is 32.1 Å². The highest BCUT2D eigenvalue weighted by Crippen LogP contribution is 2.28. The Kier molecular flexibility index (Phi) is 8.06. The first-order valence-corrected chi connectivity index (χ1v) is 8.77. The van der Waals surface area contributed by atoms with Crippen LogP contribution in [0.3, 0.4) is 0 Å². The van der Waals surface area contributed by atoms with E-state index in [1.807, 2.05) is 13.8 Å². The highest BCUT2D eigenvalue weighted by Gasteiger charge is 2.40. The van der Waals surface area contributed by atoms with Gasteiger partial charge in [-0.25, -0.2) is 4.79 Å². The maximum atomic E-state index is 12.2. The molecule has 0 aromatic heterocycles. The lowest BCUT2D eigenvalue weighted by Gasteiger charge is -2.34. The van der Waals surface area contributed by atoms with Crippen molar-refractivity contribution in [3.05, 3.63) is 0 Å². The van der Waals surface area contributed by atoms with Gasteiger partial charge in [0.25, 0.3) is 0 Å². The van der Waals surface area contributed by atoms with E-state index in [1.54, 1.807) is 4.90 Å². The van der Waals surface area contributed by atoms with Gasteiger partial charge in [-0.1, -0.05) is 33.1 Å². The number of carbonyl (C=O) groups excluding carboxylic acids is 2. The molecule has 23 heavy (non-hydrogen) atoms. The van der Waals surface area contributed by atoms with E-state index >= 15 is 0 Å². The molecule has 0 unspecified atom stereocenters. The van der Waals surface area contributed by atoms with E-state index in [9.17, 15) is 19.5 Å². The van der Waals surface area contributed by atoms with Crippen molar-refractivity contribution in [2.24, 2.45) is 0 Å². The molecular weight excluding hydrogens is 296 g/mol. The van der Waals surface area contributed by atoms with Crippen molar-refractivity contribution in [3.8, 4) is 0 Å². The molecule has 0 aromatic rings. The lowest BCUT2D eigenvalue weighted by atomic mass is 9.81. The van der Waals surface area contributed by atoms with E-state index in [4.69, 9.17) is 0 Å². The number of rotatable bonds is 9. The van der Waals surface area contributed by atoms with Gasteiger partial charge < -0.3 is 15.3 Å². The van der Waals surface area contributed by atoms with Crippen LogP contribution in [0.5, 0.6) is 0 Å². The number of amides is 2. The van der Waals surface area contributed by atoms with Gasteiger partial charge in [-0.3, -0.25) is 9.59 Å². The van der Waals surface area contributed by atoms with Gasteiger partial charge in [-0.05, 0) is 25.7 Å². The summed E-state index contributed by atoms with van der Waals surface area (Å²) in [5, 5.41) is 12.1. The molecule has 0 aromatic carbocycles. The van der Waals surface area contributed by atoms with Gasteiger partial charge in [-0.2, -0.15) is 0 Å². The van der Waals surface area contributed by atoms with Crippen LogP contribution >= 0.6 is 0 Å². The molecule has 1 saturated carbocycles. The Bertz CT molecular complexity index is 411. The third-order valence-corrected chi connectivity index (χ3v) is 4.40. The highest BCUT2D eigenvalue weighted by molar-refractivity contribution is 5.89. The Balaban J connectivity index is 2.51. The highest BCUT2D eigenvalue weighted by atomic mass is 16.4. The zero-order valence-electron chi connectivity index (χ0n) is 14.4. The summed E-state index contributed by atoms with van der Waals surface area (Å²) in [5.74, 6) is -1.33. The molecule has 132 valence electrons. The second kappa shape index (κ2) is 9.53. The van der Waals surface area contributed by atoms with Gasteiger partial charge in [0.15, 0.2) is 0 Å². The van der Waals surface area contributed by atoms with Crippen molar-refractivity contribution in [3.63, 3.8) is 0 Å². The predicted molar refractivity (Wildman–Crippen MR) is 88.0 cm³/mol. The average molecular weight is 326 g/mol. The minimum Gasteiger partial charge on any atom is -0.480 e. The molecule has 6 heteroatoms. The number of carboxylic acid groups (broad SMARTS) is 1. The molecule has 0 atom stereocenters. The third-order valence-electron chi connectivity index (χ3n) is 4.40. The maximum absolute atomic E-state index is 12.2. The summed E-state index contributed by atoms with van der Waals surface area (Å²) >= 11 is 0. The van der Waals surface area contributed by atoms with Gasteiger partial charge in [0.2, 0.25) is 11.8 Å². The van der Waals surface area contributed by atoms with Crippen molar-refractivity contribution in [1.82, 2.24) is 10.2 Å². The van der Waals surface area contributed by atoms with Crippen LogP contribution in [0.2, 0.25) is 0 Å². The Morgan fingerprint density at radius 1 is 1.00 bits per heavy atom. The zero-order valence-corrected chi connectivity index (χ0v) is 14.4. The van der Waals surface area contributed by atoms with E-state index in [2.05, 4.69) is 5.32 Å². The maximum Gasteiger partial charge on any atom is 0.329 e. The summed E-state index contributed by atoms with van der Waals surface area (Å²) in [7, 11) is 0. The third kappa shape index (κ3) is 5.84. The SMILES string of the molecule is CCCN(CCC)C(=O)CCC(=O)NC1(C(=O)O)CCCCC1. The summed E-state index contributed by atoms with van der Waals surface area (Å²) in [5.41, 5.74) is -1.13. The van der Waals surface area contributed by atoms with Gasteiger partial charge in [0.05, 0.1) is 0 Å². The molecule has 1 aliphatic carbocycles. The Morgan fingerprint density at radius 2 is 1.57 bits per heavy atom. The molecule has 0 aliphatic heterocycles. The van der Waals surface area contributed by atoms with E-state index < -0.39 is 11.5 Å². The first-order chi connectivity index (χ1) is 10.9. The van der Waals surface area contributed by atoms with Crippen LogP contribution in [0.4, 0.5) is 0 Å². The molecule has 6 nitrogen and oxygen atoms in total. The number of carboxylic acids is 1.